The Labute approximate surface area is 126 Å². The van der Waals surface area contributed by atoms with Gasteiger partial charge >= 0.3 is 12.5 Å². The average molecular weight is 339 g/mol. The van der Waals surface area contributed by atoms with Gasteiger partial charge in [0, 0.05) is 24.5 Å². The van der Waals surface area contributed by atoms with Gasteiger partial charge in [-0.05, 0) is 19.1 Å². The number of aromatic nitrogens is 1. The zero-order valence-corrected chi connectivity index (χ0v) is 11.5. The third kappa shape index (κ3) is 3.29. The molecule has 0 radical (unpaired) electrons. The van der Waals surface area contributed by atoms with Crippen molar-refractivity contribution in [3.05, 3.63) is 30.1 Å². The zero-order chi connectivity index (χ0) is 17.5. The molecule has 6 nitrogen and oxygen atoms in total. The van der Waals surface area contributed by atoms with Crippen LogP contribution in [0.4, 0.5) is 22.0 Å². The summed E-state index contributed by atoms with van der Waals surface area (Å²) < 4.78 is 66.9. The molecule has 2 heterocycles. The second kappa shape index (κ2) is 5.49. The van der Waals surface area contributed by atoms with E-state index in [9.17, 15) is 31.9 Å². The SMILES string of the molecule is CC1=NN(C(=O)c2cccnc2)[C@](O)(C(F)(F)OC(F)(F)F)C1. The number of alkyl halides is 5. The number of halogens is 5. The first kappa shape index (κ1) is 17.2. The van der Waals surface area contributed by atoms with Crippen LogP contribution in [0.5, 0.6) is 0 Å². The smallest absolute Gasteiger partial charge is 0.362 e. The number of pyridine rings is 1. The Kier molecular flexibility index (Phi) is 4.11. The van der Waals surface area contributed by atoms with E-state index in [-0.39, 0.29) is 16.3 Å². The lowest BCUT2D eigenvalue weighted by molar-refractivity contribution is -0.468. The molecule has 1 amide bonds. The van der Waals surface area contributed by atoms with Gasteiger partial charge < -0.3 is 5.11 Å². The number of nitrogens with zero attached hydrogens (tertiary/aromatic N) is 3. The summed E-state index contributed by atoms with van der Waals surface area (Å²) in [5, 5.41) is 13.3. The van der Waals surface area contributed by atoms with Crippen LogP contribution in [0, 0.1) is 0 Å². The molecule has 0 fully saturated rings. The number of rotatable bonds is 3. The Morgan fingerprint density at radius 2 is 2.04 bits per heavy atom. The van der Waals surface area contributed by atoms with Gasteiger partial charge in [0.15, 0.2) is 0 Å². The minimum Gasteiger partial charge on any atom is -0.362 e. The molecule has 0 saturated carbocycles. The van der Waals surface area contributed by atoms with Crippen LogP contribution in [-0.4, -0.2) is 44.9 Å². The highest BCUT2D eigenvalue weighted by Crippen LogP contribution is 2.43. The molecule has 126 valence electrons. The first-order chi connectivity index (χ1) is 10.5. The van der Waals surface area contributed by atoms with E-state index in [1.165, 1.54) is 25.3 Å². The second-order valence-corrected chi connectivity index (χ2v) is 4.75. The molecule has 11 heteroatoms. The largest absolute Gasteiger partial charge is 0.527 e. The summed E-state index contributed by atoms with van der Waals surface area (Å²) in [6.07, 6.45) is -9.58. The summed E-state index contributed by atoms with van der Waals surface area (Å²) in [6, 6.07) is 2.49. The number of ether oxygens (including phenoxy) is 1. The van der Waals surface area contributed by atoms with Gasteiger partial charge in [-0.2, -0.15) is 18.9 Å². The minimum atomic E-state index is -5.72. The van der Waals surface area contributed by atoms with Gasteiger partial charge in [0.1, 0.15) is 0 Å². The number of carbonyl (C=O) groups is 1. The van der Waals surface area contributed by atoms with Crippen LogP contribution >= 0.6 is 0 Å². The van der Waals surface area contributed by atoms with Crippen LogP contribution < -0.4 is 0 Å². The lowest BCUT2D eigenvalue weighted by atomic mass is 10.1. The standard InChI is InChI=1S/C12H10F5N3O3/c1-7-5-10(22,11(13,14)23-12(15,16)17)20(19-7)9(21)8-3-2-4-18-6-8/h2-4,6,22H,5H2,1H3/t10-/m1/s1. The first-order valence-electron chi connectivity index (χ1n) is 6.12. The fourth-order valence-corrected chi connectivity index (χ4v) is 2.00. The van der Waals surface area contributed by atoms with E-state index in [1.807, 2.05) is 0 Å². The normalized spacial score (nSPS) is 22.2. The second-order valence-electron chi connectivity index (χ2n) is 4.75. The fourth-order valence-electron chi connectivity index (χ4n) is 2.00. The van der Waals surface area contributed by atoms with Crippen molar-refractivity contribution in [2.24, 2.45) is 5.10 Å². The molecule has 2 rings (SSSR count). The van der Waals surface area contributed by atoms with Crippen LogP contribution in [0.15, 0.2) is 29.6 Å². The zero-order valence-electron chi connectivity index (χ0n) is 11.5. The van der Waals surface area contributed by atoms with Gasteiger partial charge in [-0.15, -0.1) is 13.2 Å². The van der Waals surface area contributed by atoms with Crippen LogP contribution in [0.2, 0.25) is 0 Å². The van der Waals surface area contributed by atoms with Gasteiger partial charge in [0.2, 0.25) is 0 Å². The lowest BCUT2D eigenvalue weighted by Gasteiger charge is -2.36. The van der Waals surface area contributed by atoms with Gasteiger partial charge in [-0.1, -0.05) is 0 Å². The van der Waals surface area contributed by atoms with E-state index in [1.54, 1.807) is 0 Å². The van der Waals surface area contributed by atoms with Crippen LogP contribution in [0.1, 0.15) is 23.7 Å². The Hall–Kier alpha value is -2.14. The molecule has 0 aliphatic carbocycles. The van der Waals surface area contributed by atoms with Crippen molar-refractivity contribution in [2.75, 3.05) is 0 Å². The summed E-state index contributed by atoms with van der Waals surface area (Å²) in [4.78, 5) is 15.8. The van der Waals surface area contributed by atoms with Crippen molar-refractivity contribution in [3.8, 4) is 0 Å². The number of amides is 1. The summed E-state index contributed by atoms with van der Waals surface area (Å²) in [5.41, 5.74) is -4.03. The molecular weight excluding hydrogens is 329 g/mol. The van der Waals surface area contributed by atoms with Gasteiger partial charge in [0.05, 0.1) is 5.56 Å². The molecule has 23 heavy (non-hydrogen) atoms. The topological polar surface area (TPSA) is 75.0 Å². The van der Waals surface area contributed by atoms with Crippen molar-refractivity contribution in [1.29, 1.82) is 0 Å². The van der Waals surface area contributed by atoms with Crippen molar-refractivity contribution in [2.45, 2.75) is 31.5 Å². The van der Waals surface area contributed by atoms with Crippen LogP contribution in [0.3, 0.4) is 0 Å². The fraction of sp³-hybridized carbons (Fsp3) is 0.417. The monoisotopic (exact) mass is 339 g/mol. The van der Waals surface area contributed by atoms with Crippen LogP contribution in [0.25, 0.3) is 0 Å². The predicted molar refractivity (Wildman–Crippen MR) is 65.2 cm³/mol. The molecule has 1 N–H and O–H groups in total. The third-order valence-electron chi connectivity index (χ3n) is 2.93. The van der Waals surface area contributed by atoms with Gasteiger partial charge in [-0.3, -0.25) is 9.78 Å². The molecule has 1 aromatic rings. The summed E-state index contributed by atoms with van der Waals surface area (Å²) in [7, 11) is 0. The van der Waals surface area contributed by atoms with Crippen LogP contribution in [-0.2, 0) is 4.74 Å². The Morgan fingerprint density at radius 1 is 1.39 bits per heavy atom. The maximum Gasteiger partial charge on any atom is 0.527 e. The molecule has 1 aliphatic heterocycles. The van der Waals surface area contributed by atoms with E-state index in [4.69, 9.17) is 0 Å². The molecule has 0 aromatic carbocycles. The number of hydrogen-bond acceptors (Lipinski definition) is 5. The Balaban J connectivity index is 2.39. The molecule has 0 unspecified atom stereocenters. The first-order valence-corrected chi connectivity index (χ1v) is 6.12. The Morgan fingerprint density at radius 3 is 2.57 bits per heavy atom. The van der Waals surface area contributed by atoms with Gasteiger partial charge in [0.25, 0.3) is 11.6 Å². The van der Waals surface area contributed by atoms with E-state index in [0.29, 0.717) is 0 Å². The van der Waals surface area contributed by atoms with E-state index in [2.05, 4.69) is 14.8 Å². The summed E-state index contributed by atoms with van der Waals surface area (Å²) >= 11 is 0. The number of hydrogen-bond donors (Lipinski definition) is 1. The average Bonchev–Trinajstić information content (AvgIpc) is 2.73. The molecule has 1 aliphatic rings. The molecule has 1 aromatic heterocycles. The number of carbonyl (C=O) groups excluding carboxylic acids is 1. The van der Waals surface area contributed by atoms with E-state index >= 15 is 0 Å². The van der Waals surface area contributed by atoms with E-state index < -0.39 is 30.5 Å². The highest BCUT2D eigenvalue weighted by molar-refractivity contribution is 5.97. The Bertz CT molecular complexity index is 635. The molecular formula is C12H10F5N3O3. The highest BCUT2D eigenvalue weighted by Gasteiger charge is 2.66. The predicted octanol–water partition coefficient (Wildman–Crippen LogP) is 2.12. The minimum absolute atomic E-state index is 0.120. The van der Waals surface area contributed by atoms with Crippen molar-refractivity contribution in [1.82, 2.24) is 9.99 Å². The quantitative estimate of drug-likeness (QED) is 0.856. The lowest BCUT2D eigenvalue weighted by Crippen LogP contribution is -2.61. The van der Waals surface area contributed by atoms with Crippen molar-refractivity contribution >= 4 is 11.6 Å². The summed E-state index contributed by atoms with van der Waals surface area (Å²) in [6.45, 7) is 1.17. The van der Waals surface area contributed by atoms with Crippen molar-refractivity contribution in [3.63, 3.8) is 0 Å². The molecule has 1 atom stereocenters. The third-order valence-corrected chi connectivity index (χ3v) is 2.93. The molecule has 0 spiro atoms. The number of hydrazone groups is 1. The highest BCUT2D eigenvalue weighted by atomic mass is 19.4. The molecule has 0 bridgehead atoms. The number of aliphatic hydroxyl groups is 1. The van der Waals surface area contributed by atoms with Crippen molar-refractivity contribution < 1.29 is 36.6 Å². The maximum absolute atomic E-state index is 13.8. The van der Waals surface area contributed by atoms with Gasteiger partial charge in [-0.25, -0.2) is 4.74 Å². The summed E-state index contributed by atoms with van der Waals surface area (Å²) in [5.74, 6) is -1.25. The maximum atomic E-state index is 13.8. The van der Waals surface area contributed by atoms with E-state index in [0.717, 1.165) is 6.20 Å². The molecule has 0 saturated heterocycles.